The normalized spacial score (nSPS) is 37.5. The fourth-order valence-corrected chi connectivity index (χ4v) is 1.80. The first-order chi connectivity index (χ1) is 5.54. The van der Waals surface area contributed by atoms with Crippen molar-refractivity contribution in [1.29, 1.82) is 0 Å². The van der Waals surface area contributed by atoms with Gasteiger partial charge in [0, 0.05) is 0 Å². The predicted octanol–water partition coefficient (Wildman–Crippen LogP) is 3.80. The van der Waals surface area contributed by atoms with Gasteiger partial charge in [0.25, 0.3) is 0 Å². The van der Waals surface area contributed by atoms with Crippen LogP contribution in [0.25, 0.3) is 0 Å². The highest BCUT2D eigenvalue weighted by molar-refractivity contribution is 5.21. The van der Waals surface area contributed by atoms with E-state index in [1.165, 1.54) is 17.6 Å². The van der Waals surface area contributed by atoms with Gasteiger partial charge in [-0.05, 0) is 31.1 Å². The SMILES string of the molecule is C=C1C(C)C(C)=CCC(C)C1C. The summed E-state index contributed by atoms with van der Waals surface area (Å²) in [5.41, 5.74) is 2.91. The van der Waals surface area contributed by atoms with Crippen molar-refractivity contribution in [1.82, 2.24) is 0 Å². The summed E-state index contributed by atoms with van der Waals surface area (Å²) in [5, 5.41) is 0. The lowest BCUT2D eigenvalue weighted by molar-refractivity contribution is 0.434. The molecule has 0 fully saturated rings. The highest BCUT2D eigenvalue weighted by atomic mass is 14.3. The molecule has 0 amide bonds. The van der Waals surface area contributed by atoms with Gasteiger partial charge >= 0.3 is 0 Å². The van der Waals surface area contributed by atoms with Crippen molar-refractivity contribution >= 4 is 0 Å². The highest BCUT2D eigenvalue weighted by Gasteiger charge is 2.22. The average molecular weight is 164 g/mol. The van der Waals surface area contributed by atoms with Crippen LogP contribution in [0.1, 0.15) is 34.1 Å². The Kier molecular flexibility index (Phi) is 2.76. The molecule has 0 aromatic carbocycles. The Hall–Kier alpha value is -0.520. The molecule has 0 aromatic heterocycles. The molecule has 0 radical (unpaired) electrons. The van der Waals surface area contributed by atoms with Gasteiger partial charge in [-0.15, -0.1) is 0 Å². The summed E-state index contributed by atoms with van der Waals surface area (Å²) in [7, 11) is 0. The van der Waals surface area contributed by atoms with Crippen LogP contribution in [0, 0.1) is 17.8 Å². The van der Waals surface area contributed by atoms with E-state index >= 15 is 0 Å². The van der Waals surface area contributed by atoms with E-state index in [1.54, 1.807) is 0 Å². The lowest BCUT2D eigenvalue weighted by atomic mass is 9.83. The maximum Gasteiger partial charge on any atom is -0.00241 e. The molecule has 3 atom stereocenters. The van der Waals surface area contributed by atoms with Crippen LogP contribution < -0.4 is 0 Å². The second-order valence-corrected chi connectivity index (χ2v) is 4.25. The summed E-state index contributed by atoms with van der Waals surface area (Å²) in [6, 6.07) is 0. The van der Waals surface area contributed by atoms with Gasteiger partial charge in [0.1, 0.15) is 0 Å². The van der Waals surface area contributed by atoms with Gasteiger partial charge in [0.2, 0.25) is 0 Å². The first-order valence-corrected chi connectivity index (χ1v) is 4.89. The van der Waals surface area contributed by atoms with Gasteiger partial charge in [-0.1, -0.05) is 44.6 Å². The van der Waals surface area contributed by atoms with Crippen LogP contribution in [0.5, 0.6) is 0 Å². The Morgan fingerprint density at radius 2 is 1.92 bits per heavy atom. The van der Waals surface area contributed by atoms with Crippen LogP contribution in [0.2, 0.25) is 0 Å². The largest absolute Gasteiger partial charge is 0.0990 e. The van der Waals surface area contributed by atoms with Crippen molar-refractivity contribution in [2.75, 3.05) is 0 Å². The summed E-state index contributed by atoms with van der Waals surface area (Å²) >= 11 is 0. The molecule has 1 aliphatic rings. The maximum atomic E-state index is 4.20. The smallest absolute Gasteiger partial charge is 0.00241 e. The van der Waals surface area contributed by atoms with E-state index in [9.17, 15) is 0 Å². The first-order valence-electron chi connectivity index (χ1n) is 4.89. The Morgan fingerprint density at radius 3 is 2.50 bits per heavy atom. The second-order valence-electron chi connectivity index (χ2n) is 4.25. The van der Waals surface area contributed by atoms with E-state index in [1.807, 2.05) is 0 Å². The van der Waals surface area contributed by atoms with Gasteiger partial charge in [0.15, 0.2) is 0 Å². The molecule has 0 N–H and O–H groups in total. The molecule has 12 heavy (non-hydrogen) atoms. The second kappa shape index (κ2) is 3.47. The molecule has 3 unspecified atom stereocenters. The van der Waals surface area contributed by atoms with Crippen molar-refractivity contribution in [3.8, 4) is 0 Å². The fraction of sp³-hybridized carbons (Fsp3) is 0.667. The van der Waals surface area contributed by atoms with Crippen LogP contribution in [0.4, 0.5) is 0 Å². The number of allylic oxidation sites excluding steroid dienone is 3. The van der Waals surface area contributed by atoms with Crippen LogP contribution in [0.3, 0.4) is 0 Å². The van der Waals surface area contributed by atoms with Crippen LogP contribution >= 0.6 is 0 Å². The number of rotatable bonds is 0. The van der Waals surface area contributed by atoms with Gasteiger partial charge in [0.05, 0.1) is 0 Å². The Morgan fingerprint density at radius 1 is 1.33 bits per heavy atom. The van der Waals surface area contributed by atoms with E-state index in [-0.39, 0.29) is 0 Å². The molecule has 0 spiro atoms. The van der Waals surface area contributed by atoms with Crippen molar-refractivity contribution < 1.29 is 0 Å². The Bertz CT molecular complexity index is 210. The van der Waals surface area contributed by atoms with Crippen LogP contribution in [0.15, 0.2) is 23.8 Å². The van der Waals surface area contributed by atoms with Crippen molar-refractivity contribution in [3.05, 3.63) is 23.8 Å². The van der Waals surface area contributed by atoms with Gasteiger partial charge < -0.3 is 0 Å². The third-order valence-corrected chi connectivity index (χ3v) is 3.49. The van der Waals surface area contributed by atoms with Gasteiger partial charge in [-0.25, -0.2) is 0 Å². The standard InChI is InChI=1S/C12H20/c1-8-6-7-9(2)11(4)12(5)10(8)3/h6,9-11H,5,7H2,1-4H3. The molecule has 0 aromatic rings. The first kappa shape index (κ1) is 9.57. The molecule has 0 saturated heterocycles. The predicted molar refractivity (Wildman–Crippen MR) is 55.0 cm³/mol. The van der Waals surface area contributed by atoms with E-state index < -0.39 is 0 Å². The van der Waals surface area contributed by atoms with E-state index in [2.05, 4.69) is 40.3 Å². The fourth-order valence-electron chi connectivity index (χ4n) is 1.80. The Labute approximate surface area is 76.4 Å². The van der Waals surface area contributed by atoms with E-state index in [0.717, 1.165) is 5.92 Å². The molecule has 0 aliphatic heterocycles. The quantitative estimate of drug-likeness (QED) is 0.478. The van der Waals surface area contributed by atoms with E-state index in [4.69, 9.17) is 0 Å². The number of hydrogen-bond donors (Lipinski definition) is 0. The Balaban J connectivity index is 2.88. The molecule has 0 saturated carbocycles. The average Bonchev–Trinajstić information content (AvgIpc) is 2.14. The molecular formula is C12H20. The van der Waals surface area contributed by atoms with Crippen molar-refractivity contribution in [2.45, 2.75) is 34.1 Å². The summed E-state index contributed by atoms with van der Waals surface area (Å²) in [4.78, 5) is 0. The third-order valence-electron chi connectivity index (χ3n) is 3.49. The van der Waals surface area contributed by atoms with Crippen LogP contribution in [-0.4, -0.2) is 0 Å². The summed E-state index contributed by atoms with van der Waals surface area (Å²) in [5.74, 6) is 2.02. The molecule has 68 valence electrons. The minimum absolute atomic E-state index is 0.588. The van der Waals surface area contributed by atoms with Crippen LogP contribution in [-0.2, 0) is 0 Å². The zero-order chi connectivity index (χ0) is 9.30. The summed E-state index contributed by atoms with van der Waals surface area (Å²) in [6.45, 7) is 13.3. The maximum absolute atomic E-state index is 4.20. The lowest BCUT2D eigenvalue weighted by Gasteiger charge is -2.22. The zero-order valence-corrected chi connectivity index (χ0v) is 8.72. The van der Waals surface area contributed by atoms with Crippen molar-refractivity contribution in [2.24, 2.45) is 17.8 Å². The summed E-state index contributed by atoms with van der Waals surface area (Å²) in [6.07, 6.45) is 3.60. The molecule has 1 aliphatic carbocycles. The molecule has 0 bridgehead atoms. The van der Waals surface area contributed by atoms with Gasteiger partial charge in [-0.2, -0.15) is 0 Å². The summed E-state index contributed by atoms with van der Waals surface area (Å²) < 4.78 is 0. The number of hydrogen-bond acceptors (Lipinski definition) is 0. The third kappa shape index (κ3) is 1.63. The highest BCUT2D eigenvalue weighted by Crippen LogP contribution is 2.34. The molecule has 0 heterocycles. The van der Waals surface area contributed by atoms with E-state index in [0.29, 0.717) is 11.8 Å². The van der Waals surface area contributed by atoms with Crippen molar-refractivity contribution in [3.63, 3.8) is 0 Å². The minimum atomic E-state index is 0.588. The molecular weight excluding hydrogens is 144 g/mol. The topological polar surface area (TPSA) is 0 Å². The molecule has 0 nitrogen and oxygen atoms in total. The minimum Gasteiger partial charge on any atom is -0.0990 e. The monoisotopic (exact) mass is 164 g/mol. The lowest BCUT2D eigenvalue weighted by Crippen LogP contribution is -2.12. The molecule has 1 rings (SSSR count). The van der Waals surface area contributed by atoms with Gasteiger partial charge in [-0.3, -0.25) is 0 Å². The molecule has 0 heteroatoms. The zero-order valence-electron chi connectivity index (χ0n) is 8.72.